The SMILES string of the molecule is CCc1cc(CC)c(N(S)C(=O)NC)cc1C. The van der Waals surface area contributed by atoms with Crippen LogP contribution in [0.3, 0.4) is 0 Å². The van der Waals surface area contributed by atoms with Gasteiger partial charge in [0.2, 0.25) is 0 Å². The van der Waals surface area contributed by atoms with E-state index in [1.165, 1.54) is 15.4 Å². The fourth-order valence-electron chi connectivity index (χ4n) is 1.87. The summed E-state index contributed by atoms with van der Waals surface area (Å²) in [5, 5.41) is 2.57. The Kier molecular flexibility index (Phi) is 4.87. The molecule has 0 saturated carbocycles. The van der Waals surface area contributed by atoms with Gasteiger partial charge in [0.15, 0.2) is 0 Å². The van der Waals surface area contributed by atoms with E-state index in [9.17, 15) is 4.79 Å². The second-order valence-corrected chi connectivity index (χ2v) is 4.38. The molecule has 2 amide bonds. The topological polar surface area (TPSA) is 32.3 Å². The maximum Gasteiger partial charge on any atom is 0.331 e. The molecular weight excluding hydrogens is 232 g/mol. The summed E-state index contributed by atoms with van der Waals surface area (Å²) in [7, 11) is 1.60. The minimum Gasteiger partial charge on any atom is -0.340 e. The Morgan fingerprint density at radius 1 is 1.29 bits per heavy atom. The number of nitrogens with one attached hydrogen (secondary N) is 1. The maximum absolute atomic E-state index is 11.6. The van der Waals surface area contributed by atoms with Crippen LogP contribution in [0.15, 0.2) is 12.1 Å². The van der Waals surface area contributed by atoms with E-state index in [2.05, 4.69) is 45.0 Å². The number of rotatable bonds is 3. The Hall–Kier alpha value is -1.16. The third-order valence-corrected chi connectivity index (χ3v) is 3.33. The quantitative estimate of drug-likeness (QED) is 0.796. The van der Waals surface area contributed by atoms with E-state index in [1.54, 1.807) is 7.05 Å². The number of nitrogens with zero attached hydrogens (tertiary/aromatic N) is 1. The summed E-state index contributed by atoms with van der Waals surface area (Å²) in [5.74, 6) is 0. The first kappa shape index (κ1) is 13.9. The van der Waals surface area contributed by atoms with Crippen LogP contribution in [-0.4, -0.2) is 13.1 Å². The molecule has 0 spiro atoms. The van der Waals surface area contributed by atoms with Crippen LogP contribution in [0.25, 0.3) is 0 Å². The zero-order valence-electron chi connectivity index (χ0n) is 10.9. The molecule has 0 aliphatic rings. The van der Waals surface area contributed by atoms with Gasteiger partial charge < -0.3 is 5.32 Å². The fraction of sp³-hybridized carbons (Fsp3) is 0.462. The molecular formula is C13H20N2OS. The summed E-state index contributed by atoms with van der Waals surface area (Å²) in [6.07, 6.45) is 1.89. The van der Waals surface area contributed by atoms with Crippen LogP contribution in [0.2, 0.25) is 0 Å². The zero-order valence-corrected chi connectivity index (χ0v) is 11.8. The lowest BCUT2D eigenvalue weighted by atomic mass is 9.99. The molecule has 1 rings (SSSR count). The lowest BCUT2D eigenvalue weighted by Crippen LogP contribution is -2.31. The minimum absolute atomic E-state index is 0.216. The summed E-state index contributed by atoms with van der Waals surface area (Å²) in [4.78, 5) is 11.6. The van der Waals surface area contributed by atoms with Crippen LogP contribution < -0.4 is 9.62 Å². The normalized spacial score (nSPS) is 10.2. The molecule has 0 unspecified atom stereocenters. The van der Waals surface area contributed by atoms with Crippen molar-refractivity contribution in [2.45, 2.75) is 33.6 Å². The Morgan fingerprint density at radius 2 is 1.88 bits per heavy atom. The average Bonchev–Trinajstić information content (AvgIpc) is 2.36. The van der Waals surface area contributed by atoms with Gasteiger partial charge in [-0.05, 0) is 42.5 Å². The van der Waals surface area contributed by atoms with Crippen molar-refractivity contribution in [2.24, 2.45) is 0 Å². The van der Waals surface area contributed by atoms with Gasteiger partial charge in [0.05, 0.1) is 5.69 Å². The molecule has 0 saturated heterocycles. The van der Waals surface area contributed by atoms with E-state index in [1.807, 2.05) is 6.07 Å². The van der Waals surface area contributed by atoms with Crippen LogP contribution in [0.5, 0.6) is 0 Å². The molecule has 0 aromatic heterocycles. The van der Waals surface area contributed by atoms with Gasteiger partial charge in [-0.25, -0.2) is 9.10 Å². The van der Waals surface area contributed by atoms with Gasteiger partial charge in [-0.2, -0.15) is 0 Å². The number of carbonyl (C=O) groups excluding carboxylic acids is 1. The highest BCUT2D eigenvalue weighted by Gasteiger charge is 2.15. The third kappa shape index (κ3) is 2.94. The first-order valence-electron chi connectivity index (χ1n) is 5.88. The number of amides is 2. The predicted octanol–water partition coefficient (Wildman–Crippen LogP) is 3.11. The smallest absolute Gasteiger partial charge is 0.331 e. The Bertz CT molecular complexity index is 418. The highest BCUT2D eigenvalue weighted by molar-refractivity contribution is 7.82. The monoisotopic (exact) mass is 252 g/mol. The number of thiol groups is 1. The number of anilines is 1. The number of carbonyl (C=O) groups is 1. The van der Waals surface area contributed by atoms with Crippen molar-refractivity contribution < 1.29 is 4.79 Å². The molecule has 0 heterocycles. The van der Waals surface area contributed by atoms with Gasteiger partial charge in [0, 0.05) is 7.05 Å². The van der Waals surface area contributed by atoms with Crippen LogP contribution in [-0.2, 0) is 12.8 Å². The first-order valence-corrected chi connectivity index (χ1v) is 6.28. The largest absolute Gasteiger partial charge is 0.340 e. The van der Waals surface area contributed by atoms with Crippen LogP contribution in [0, 0.1) is 6.92 Å². The molecule has 1 aromatic carbocycles. The standard InChI is InChI=1S/C13H20N2OS/c1-5-10-8-11(6-2)12(7-9(10)3)15(17)13(16)14-4/h7-8,17H,5-6H2,1-4H3,(H,14,16). The lowest BCUT2D eigenvalue weighted by molar-refractivity contribution is 0.252. The van der Waals surface area contributed by atoms with Gasteiger partial charge in [-0.1, -0.05) is 32.7 Å². The molecule has 0 bridgehead atoms. The second-order valence-electron chi connectivity index (χ2n) is 3.98. The van der Waals surface area contributed by atoms with Crippen molar-refractivity contribution in [3.63, 3.8) is 0 Å². The molecule has 4 heteroatoms. The molecule has 17 heavy (non-hydrogen) atoms. The average molecular weight is 252 g/mol. The van der Waals surface area contributed by atoms with Crippen molar-refractivity contribution in [1.29, 1.82) is 0 Å². The predicted molar refractivity (Wildman–Crippen MR) is 75.9 cm³/mol. The number of aryl methyl sites for hydroxylation is 3. The van der Waals surface area contributed by atoms with E-state index in [0.717, 1.165) is 24.1 Å². The van der Waals surface area contributed by atoms with E-state index in [-0.39, 0.29) is 6.03 Å². The highest BCUT2D eigenvalue weighted by Crippen LogP contribution is 2.27. The van der Waals surface area contributed by atoms with Crippen molar-refractivity contribution in [3.8, 4) is 0 Å². The van der Waals surface area contributed by atoms with Crippen molar-refractivity contribution in [3.05, 3.63) is 28.8 Å². The first-order chi connectivity index (χ1) is 8.04. The van der Waals surface area contributed by atoms with Gasteiger partial charge in [-0.15, -0.1) is 0 Å². The molecule has 1 N–H and O–H groups in total. The minimum atomic E-state index is -0.216. The summed E-state index contributed by atoms with van der Waals surface area (Å²) in [6, 6.07) is 3.98. The number of urea groups is 1. The Morgan fingerprint density at radius 3 is 2.35 bits per heavy atom. The van der Waals surface area contributed by atoms with Crippen molar-refractivity contribution in [1.82, 2.24) is 5.32 Å². The van der Waals surface area contributed by atoms with Crippen molar-refractivity contribution in [2.75, 3.05) is 11.4 Å². The summed E-state index contributed by atoms with van der Waals surface area (Å²) < 4.78 is 1.37. The summed E-state index contributed by atoms with van der Waals surface area (Å²) >= 11 is 4.25. The fourth-order valence-corrected chi connectivity index (χ4v) is 2.15. The molecule has 94 valence electrons. The molecule has 1 aromatic rings. The summed E-state index contributed by atoms with van der Waals surface area (Å²) in [5.41, 5.74) is 4.53. The van der Waals surface area contributed by atoms with E-state index in [0.29, 0.717) is 0 Å². The molecule has 0 aliphatic heterocycles. The van der Waals surface area contributed by atoms with Gasteiger partial charge in [0.25, 0.3) is 0 Å². The number of hydrogen-bond acceptors (Lipinski definition) is 2. The van der Waals surface area contributed by atoms with Gasteiger partial charge >= 0.3 is 6.03 Å². The molecule has 0 radical (unpaired) electrons. The van der Waals surface area contributed by atoms with Crippen LogP contribution >= 0.6 is 12.8 Å². The van der Waals surface area contributed by atoms with Crippen molar-refractivity contribution >= 4 is 24.5 Å². The Labute approximate surface area is 109 Å². The van der Waals surface area contributed by atoms with Crippen LogP contribution in [0.4, 0.5) is 10.5 Å². The zero-order chi connectivity index (χ0) is 13.0. The lowest BCUT2D eigenvalue weighted by Gasteiger charge is -2.20. The molecule has 3 nitrogen and oxygen atoms in total. The molecule has 0 atom stereocenters. The molecule has 0 aliphatic carbocycles. The van der Waals surface area contributed by atoms with E-state index >= 15 is 0 Å². The second kappa shape index (κ2) is 5.96. The van der Waals surface area contributed by atoms with Gasteiger partial charge in [0.1, 0.15) is 0 Å². The Balaban J connectivity index is 3.23. The number of benzene rings is 1. The highest BCUT2D eigenvalue weighted by atomic mass is 32.1. The maximum atomic E-state index is 11.6. The van der Waals surface area contributed by atoms with E-state index in [4.69, 9.17) is 0 Å². The summed E-state index contributed by atoms with van der Waals surface area (Å²) in [6.45, 7) is 6.28. The van der Waals surface area contributed by atoms with Gasteiger partial charge in [-0.3, -0.25) is 0 Å². The van der Waals surface area contributed by atoms with E-state index < -0.39 is 0 Å². The third-order valence-electron chi connectivity index (χ3n) is 2.93. The number of hydrogen-bond donors (Lipinski definition) is 2. The molecule has 0 fully saturated rings. The van der Waals surface area contributed by atoms with Crippen LogP contribution in [0.1, 0.15) is 30.5 Å².